The minimum Gasteiger partial charge on any atom is -0.360 e. The van der Waals surface area contributed by atoms with Crippen LogP contribution in [0.4, 0.5) is 9.18 Å². The summed E-state index contributed by atoms with van der Waals surface area (Å²) in [6.45, 7) is 7.53. The highest BCUT2D eigenvalue weighted by molar-refractivity contribution is 5.74. The van der Waals surface area contributed by atoms with Gasteiger partial charge in [0.1, 0.15) is 5.82 Å². The molecular weight excluding hydrogens is 323 g/mol. The van der Waals surface area contributed by atoms with Gasteiger partial charge in [0.2, 0.25) is 0 Å². The molecule has 0 saturated carbocycles. The number of carbonyl (C=O) groups excluding carboxylic acids is 1. The van der Waals surface area contributed by atoms with Crippen molar-refractivity contribution < 1.29 is 13.7 Å². The molecule has 25 heavy (non-hydrogen) atoms. The van der Waals surface area contributed by atoms with E-state index in [4.69, 9.17) is 4.52 Å². The fraction of sp³-hybridized carbons (Fsp3) is 0.444. The molecule has 2 heterocycles. The summed E-state index contributed by atoms with van der Waals surface area (Å²) < 4.78 is 18.8. The standard InChI is InChI=1S/C18H23FN4O2/c1-13-3-4-15(10-17(13)19)11-20-18(24)23-7-5-22(6-8-23)12-16-9-14(2)21-25-16/h3-4,9-10H,5-8,11-12H2,1-2H3,(H,20,24). The molecule has 2 amide bonds. The van der Waals surface area contributed by atoms with Crippen LogP contribution in [0.2, 0.25) is 0 Å². The van der Waals surface area contributed by atoms with Crippen molar-refractivity contribution in [2.75, 3.05) is 26.2 Å². The molecule has 0 spiro atoms. The quantitative estimate of drug-likeness (QED) is 0.924. The number of hydrogen-bond donors (Lipinski definition) is 1. The Hall–Kier alpha value is -2.41. The molecule has 0 unspecified atom stereocenters. The summed E-state index contributed by atoms with van der Waals surface area (Å²) >= 11 is 0. The molecule has 0 atom stereocenters. The second kappa shape index (κ2) is 7.65. The van der Waals surface area contributed by atoms with E-state index in [2.05, 4.69) is 15.4 Å². The van der Waals surface area contributed by atoms with Crippen LogP contribution in [-0.4, -0.2) is 47.2 Å². The number of benzene rings is 1. The van der Waals surface area contributed by atoms with Crippen molar-refractivity contribution in [3.63, 3.8) is 0 Å². The van der Waals surface area contributed by atoms with E-state index in [1.807, 2.05) is 19.1 Å². The molecule has 2 aromatic rings. The molecule has 3 rings (SSSR count). The maximum Gasteiger partial charge on any atom is 0.317 e. The Labute approximate surface area is 146 Å². The van der Waals surface area contributed by atoms with Gasteiger partial charge in [-0.25, -0.2) is 9.18 Å². The molecule has 134 valence electrons. The summed E-state index contributed by atoms with van der Waals surface area (Å²) in [7, 11) is 0. The molecule has 1 saturated heterocycles. The van der Waals surface area contributed by atoms with E-state index in [-0.39, 0.29) is 11.8 Å². The number of aryl methyl sites for hydroxylation is 2. The van der Waals surface area contributed by atoms with Crippen LogP contribution in [-0.2, 0) is 13.1 Å². The van der Waals surface area contributed by atoms with Crippen LogP contribution in [0.1, 0.15) is 22.6 Å². The Morgan fingerprint density at radius 1 is 1.24 bits per heavy atom. The number of urea groups is 1. The number of rotatable bonds is 4. The van der Waals surface area contributed by atoms with Crippen LogP contribution in [0.25, 0.3) is 0 Å². The first-order valence-corrected chi connectivity index (χ1v) is 8.43. The van der Waals surface area contributed by atoms with Gasteiger partial charge in [0.15, 0.2) is 5.76 Å². The summed E-state index contributed by atoms with van der Waals surface area (Å²) in [6, 6.07) is 6.83. The number of piperazine rings is 1. The smallest absolute Gasteiger partial charge is 0.317 e. The fourth-order valence-electron chi connectivity index (χ4n) is 2.86. The van der Waals surface area contributed by atoms with Crippen LogP contribution >= 0.6 is 0 Å². The number of halogens is 1. The molecule has 6 nitrogen and oxygen atoms in total. The number of hydrogen-bond acceptors (Lipinski definition) is 4. The highest BCUT2D eigenvalue weighted by Gasteiger charge is 2.21. The van der Waals surface area contributed by atoms with Gasteiger partial charge in [-0.15, -0.1) is 0 Å². The van der Waals surface area contributed by atoms with Crippen molar-refractivity contribution in [2.45, 2.75) is 26.9 Å². The zero-order chi connectivity index (χ0) is 17.8. The van der Waals surface area contributed by atoms with E-state index in [9.17, 15) is 9.18 Å². The van der Waals surface area contributed by atoms with Crippen LogP contribution in [0.5, 0.6) is 0 Å². The lowest BCUT2D eigenvalue weighted by atomic mass is 10.1. The Kier molecular flexibility index (Phi) is 5.33. The molecule has 1 N–H and O–H groups in total. The first-order chi connectivity index (χ1) is 12.0. The van der Waals surface area contributed by atoms with Crippen molar-refractivity contribution in [3.8, 4) is 0 Å². The van der Waals surface area contributed by atoms with Gasteiger partial charge < -0.3 is 14.7 Å². The van der Waals surface area contributed by atoms with Crippen molar-refractivity contribution in [1.29, 1.82) is 0 Å². The molecule has 1 aliphatic rings. The number of aromatic nitrogens is 1. The van der Waals surface area contributed by atoms with Gasteiger partial charge in [-0.3, -0.25) is 4.90 Å². The molecule has 1 aromatic carbocycles. The predicted molar refractivity (Wildman–Crippen MR) is 91.5 cm³/mol. The summed E-state index contributed by atoms with van der Waals surface area (Å²) in [4.78, 5) is 16.3. The molecule has 1 aliphatic heterocycles. The molecular formula is C18H23FN4O2. The monoisotopic (exact) mass is 346 g/mol. The zero-order valence-electron chi connectivity index (χ0n) is 14.6. The van der Waals surface area contributed by atoms with E-state index in [0.29, 0.717) is 31.7 Å². The average Bonchev–Trinajstić information content (AvgIpc) is 3.01. The lowest BCUT2D eigenvalue weighted by Gasteiger charge is -2.34. The Morgan fingerprint density at radius 2 is 2.00 bits per heavy atom. The third-order valence-electron chi connectivity index (χ3n) is 4.40. The van der Waals surface area contributed by atoms with Gasteiger partial charge in [0, 0.05) is 38.8 Å². The predicted octanol–water partition coefficient (Wildman–Crippen LogP) is 2.46. The number of amides is 2. The number of nitrogens with one attached hydrogen (secondary N) is 1. The molecule has 0 aliphatic carbocycles. The maximum atomic E-state index is 13.5. The largest absolute Gasteiger partial charge is 0.360 e. The Balaban J connectivity index is 1.44. The first-order valence-electron chi connectivity index (χ1n) is 8.43. The maximum absolute atomic E-state index is 13.5. The molecule has 0 radical (unpaired) electrons. The van der Waals surface area contributed by atoms with Crippen molar-refractivity contribution in [1.82, 2.24) is 20.3 Å². The van der Waals surface area contributed by atoms with Crippen molar-refractivity contribution in [3.05, 3.63) is 52.7 Å². The van der Waals surface area contributed by atoms with E-state index >= 15 is 0 Å². The van der Waals surface area contributed by atoms with E-state index in [1.54, 1.807) is 17.9 Å². The Bertz CT molecular complexity index is 738. The van der Waals surface area contributed by atoms with Gasteiger partial charge >= 0.3 is 6.03 Å². The van der Waals surface area contributed by atoms with E-state index < -0.39 is 0 Å². The number of nitrogens with zero attached hydrogens (tertiary/aromatic N) is 3. The highest BCUT2D eigenvalue weighted by atomic mass is 19.1. The van der Waals surface area contributed by atoms with E-state index in [0.717, 1.165) is 30.1 Å². The van der Waals surface area contributed by atoms with Gasteiger partial charge in [-0.05, 0) is 31.0 Å². The van der Waals surface area contributed by atoms with Crippen LogP contribution in [0.3, 0.4) is 0 Å². The second-order valence-corrected chi connectivity index (χ2v) is 6.44. The summed E-state index contributed by atoms with van der Waals surface area (Å²) in [5.41, 5.74) is 2.24. The Morgan fingerprint density at radius 3 is 2.64 bits per heavy atom. The van der Waals surface area contributed by atoms with Gasteiger partial charge in [0.05, 0.1) is 12.2 Å². The van der Waals surface area contributed by atoms with E-state index in [1.165, 1.54) is 6.07 Å². The number of carbonyl (C=O) groups is 1. The minimum absolute atomic E-state index is 0.115. The molecule has 0 bridgehead atoms. The van der Waals surface area contributed by atoms with Crippen LogP contribution in [0.15, 0.2) is 28.8 Å². The lowest BCUT2D eigenvalue weighted by molar-refractivity contribution is 0.127. The average molecular weight is 346 g/mol. The van der Waals surface area contributed by atoms with Gasteiger partial charge in [0.25, 0.3) is 0 Å². The third-order valence-corrected chi connectivity index (χ3v) is 4.40. The topological polar surface area (TPSA) is 61.6 Å². The molecule has 1 aromatic heterocycles. The van der Waals surface area contributed by atoms with Gasteiger partial charge in [-0.2, -0.15) is 0 Å². The van der Waals surface area contributed by atoms with Gasteiger partial charge in [-0.1, -0.05) is 17.3 Å². The molecule has 1 fully saturated rings. The van der Waals surface area contributed by atoms with Crippen molar-refractivity contribution >= 4 is 6.03 Å². The third kappa shape index (κ3) is 4.57. The normalized spacial score (nSPS) is 15.4. The summed E-state index contributed by atoms with van der Waals surface area (Å²) in [5, 5.41) is 6.74. The van der Waals surface area contributed by atoms with Crippen LogP contribution in [0, 0.1) is 19.7 Å². The highest BCUT2D eigenvalue weighted by Crippen LogP contribution is 2.11. The van der Waals surface area contributed by atoms with Crippen molar-refractivity contribution in [2.24, 2.45) is 0 Å². The van der Waals surface area contributed by atoms with Crippen LogP contribution < -0.4 is 5.32 Å². The molecule has 7 heteroatoms. The summed E-state index contributed by atoms with van der Waals surface area (Å²) in [5.74, 6) is 0.597. The first kappa shape index (κ1) is 17.4. The minimum atomic E-state index is -0.247. The summed E-state index contributed by atoms with van der Waals surface area (Å²) in [6.07, 6.45) is 0. The zero-order valence-corrected chi connectivity index (χ0v) is 14.6. The second-order valence-electron chi connectivity index (χ2n) is 6.44. The SMILES string of the molecule is Cc1cc(CN2CCN(C(=O)NCc3ccc(C)c(F)c3)CC2)on1. The fourth-order valence-corrected chi connectivity index (χ4v) is 2.86. The lowest BCUT2D eigenvalue weighted by Crippen LogP contribution is -2.51.